The number of nitrogens with two attached hydrogens (primary N) is 1. The van der Waals surface area contributed by atoms with Crippen LogP contribution in [0.3, 0.4) is 0 Å². The SMILES string of the molecule is CCCCCCCCCCCCCCCCCC(N)(CCO)CCCN(CCO)CCO. The van der Waals surface area contributed by atoms with Gasteiger partial charge in [0.25, 0.3) is 0 Å². The molecule has 5 nitrogen and oxygen atoms in total. The summed E-state index contributed by atoms with van der Waals surface area (Å²) in [5.74, 6) is 0. The second kappa shape index (κ2) is 23.9. The Labute approximate surface area is 200 Å². The second-order valence-corrected chi connectivity index (χ2v) is 9.93. The van der Waals surface area contributed by atoms with Gasteiger partial charge in [-0.05, 0) is 32.2 Å². The first-order chi connectivity index (χ1) is 15.6. The maximum atomic E-state index is 9.45. The summed E-state index contributed by atoms with van der Waals surface area (Å²) in [4.78, 5) is 2.08. The monoisotopic (exact) mass is 458 g/mol. The molecular formula is C27H58N2O3. The number of unbranched alkanes of at least 4 members (excludes halogenated alkanes) is 14. The molecule has 1 unspecified atom stereocenters. The van der Waals surface area contributed by atoms with Crippen molar-refractivity contribution in [1.82, 2.24) is 4.90 Å². The first-order valence-corrected chi connectivity index (χ1v) is 14.0. The molecule has 0 saturated heterocycles. The van der Waals surface area contributed by atoms with Crippen molar-refractivity contribution < 1.29 is 15.3 Å². The zero-order valence-electron chi connectivity index (χ0n) is 21.5. The predicted molar refractivity (Wildman–Crippen MR) is 138 cm³/mol. The van der Waals surface area contributed by atoms with Crippen LogP contribution in [0, 0.1) is 0 Å². The number of aliphatic hydroxyl groups is 3. The van der Waals surface area contributed by atoms with E-state index in [1.165, 1.54) is 89.9 Å². The van der Waals surface area contributed by atoms with E-state index in [0.29, 0.717) is 19.5 Å². The molecule has 0 aromatic carbocycles. The van der Waals surface area contributed by atoms with Crippen LogP contribution in [0.4, 0.5) is 0 Å². The van der Waals surface area contributed by atoms with Gasteiger partial charge in [0.1, 0.15) is 0 Å². The molecular weight excluding hydrogens is 400 g/mol. The minimum Gasteiger partial charge on any atom is -0.396 e. The van der Waals surface area contributed by atoms with Crippen LogP contribution < -0.4 is 5.73 Å². The molecule has 0 fully saturated rings. The summed E-state index contributed by atoms with van der Waals surface area (Å²) < 4.78 is 0. The van der Waals surface area contributed by atoms with Crippen LogP contribution in [-0.4, -0.2) is 65.2 Å². The molecule has 0 bridgehead atoms. The Balaban J connectivity index is 3.69. The van der Waals surface area contributed by atoms with Gasteiger partial charge in [-0.15, -0.1) is 0 Å². The molecule has 0 saturated carbocycles. The molecule has 0 aromatic rings. The summed E-state index contributed by atoms with van der Waals surface area (Å²) in [6.07, 6.45) is 24.0. The summed E-state index contributed by atoms with van der Waals surface area (Å²) in [6.45, 7) is 4.68. The lowest BCUT2D eigenvalue weighted by Crippen LogP contribution is -2.42. The maximum Gasteiger partial charge on any atom is 0.0558 e. The lowest BCUT2D eigenvalue weighted by Gasteiger charge is -2.30. The third-order valence-corrected chi connectivity index (χ3v) is 6.87. The Hall–Kier alpha value is -0.200. The van der Waals surface area contributed by atoms with E-state index >= 15 is 0 Å². The highest BCUT2D eigenvalue weighted by Crippen LogP contribution is 2.23. The minimum atomic E-state index is -0.282. The molecule has 194 valence electrons. The molecule has 0 aromatic heterocycles. The van der Waals surface area contributed by atoms with Gasteiger partial charge >= 0.3 is 0 Å². The number of rotatable bonds is 26. The van der Waals surface area contributed by atoms with Gasteiger partial charge in [-0.3, -0.25) is 4.90 Å². The van der Waals surface area contributed by atoms with Crippen molar-refractivity contribution >= 4 is 0 Å². The van der Waals surface area contributed by atoms with Crippen LogP contribution in [0.15, 0.2) is 0 Å². The average Bonchev–Trinajstić information content (AvgIpc) is 2.77. The Kier molecular flexibility index (Phi) is 23.8. The van der Waals surface area contributed by atoms with Gasteiger partial charge < -0.3 is 21.1 Å². The molecule has 0 aliphatic rings. The first kappa shape index (κ1) is 31.8. The van der Waals surface area contributed by atoms with E-state index in [1.54, 1.807) is 0 Å². The minimum absolute atomic E-state index is 0.115. The molecule has 5 N–H and O–H groups in total. The normalized spacial score (nSPS) is 13.7. The van der Waals surface area contributed by atoms with Gasteiger partial charge in [0.15, 0.2) is 0 Å². The maximum absolute atomic E-state index is 9.45. The smallest absolute Gasteiger partial charge is 0.0558 e. The highest BCUT2D eigenvalue weighted by Gasteiger charge is 2.23. The van der Waals surface area contributed by atoms with Crippen molar-refractivity contribution in [3.63, 3.8) is 0 Å². The van der Waals surface area contributed by atoms with E-state index in [9.17, 15) is 5.11 Å². The second-order valence-electron chi connectivity index (χ2n) is 9.93. The van der Waals surface area contributed by atoms with Gasteiger partial charge in [-0.1, -0.05) is 103 Å². The van der Waals surface area contributed by atoms with Crippen molar-refractivity contribution in [1.29, 1.82) is 0 Å². The van der Waals surface area contributed by atoms with Crippen molar-refractivity contribution in [2.24, 2.45) is 5.73 Å². The molecule has 0 aliphatic heterocycles. The molecule has 0 heterocycles. The third kappa shape index (κ3) is 20.4. The van der Waals surface area contributed by atoms with E-state index in [4.69, 9.17) is 15.9 Å². The Morgan fingerprint density at radius 2 is 0.906 bits per heavy atom. The Bertz CT molecular complexity index is 365. The standard InChI is InChI=1S/C27H58N2O3/c1-2-3-4-5-6-7-8-9-10-11-12-13-14-15-16-18-27(28,20-24-30)19-17-21-29(22-25-31)23-26-32/h30-32H,2-26,28H2,1H3. The van der Waals surface area contributed by atoms with Crippen LogP contribution in [0.5, 0.6) is 0 Å². The van der Waals surface area contributed by atoms with Crippen LogP contribution in [0.1, 0.15) is 129 Å². The highest BCUT2D eigenvalue weighted by molar-refractivity contribution is 4.84. The molecule has 0 aliphatic carbocycles. The Morgan fingerprint density at radius 1 is 0.500 bits per heavy atom. The summed E-state index contributed by atoms with van der Waals surface area (Å²) in [5, 5.41) is 27.7. The summed E-state index contributed by atoms with van der Waals surface area (Å²) in [6, 6.07) is 0. The molecule has 0 radical (unpaired) electrons. The lowest BCUT2D eigenvalue weighted by atomic mass is 9.85. The summed E-state index contributed by atoms with van der Waals surface area (Å²) in [5.41, 5.74) is 6.34. The molecule has 0 spiro atoms. The fraction of sp³-hybridized carbons (Fsp3) is 1.00. The zero-order chi connectivity index (χ0) is 23.8. The fourth-order valence-electron chi connectivity index (χ4n) is 4.72. The fourth-order valence-corrected chi connectivity index (χ4v) is 4.72. The van der Waals surface area contributed by atoms with E-state index in [-0.39, 0.29) is 25.4 Å². The molecule has 0 amide bonds. The van der Waals surface area contributed by atoms with Gasteiger partial charge in [0, 0.05) is 25.2 Å². The number of nitrogens with zero attached hydrogens (tertiary/aromatic N) is 1. The van der Waals surface area contributed by atoms with Crippen molar-refractivity contribution in [3.8, 4) is 0 Å². The molecule has 32 heavy (non-hydrogen) atoms. The highest BCUT2D eigenvalue weighted by atomic mass is 16.3. The number of hydrogen-bond donors (Lipinski definition) is 4. The van der Waals surface area contributed by atoms with E-state index in [0.717, 1.165) is 32.2 Å². The van der Waals surface area contributed by atoms with E-state index < -0.39 is 0 Å². The van der Waals surface area contributed by atoms with Gasteiger partial charge in [-0.25, -0.2) is 0 Å². The Morgan fingerprint density at radius 3 is 1.31 bits per heavy atom. The van der Waals surface area contributed by atoms with Crippen LogP contribution in [-0.2, 0) is 0 Å². The van der Waals surface area contributed by atoms with Crippen LogP contribution in [0.25, 0.3) is 0 Å². The largest absolute Gasteiger partial charge is 0.396 e. The van der Waals surface area contributed by atoms with Gasteiger partial charge in [0.2, 0.25) is 0 Å². The topological polar surface area (TPSA) is 90.0 Å². The van der Waals surface area contributed by atoms with Gasteiger partial charge in [-0.2, -0.15) is 0 Å². The molecule has 0 rings (SSSR count). The quantitative estimate of drug-likeness (QED) is 0.130. The third-order valence-electron chi connectivity index (χ3n) is 6.87. The first-order valence-electron chi connectivity index (χ1n) is 14.0. The lowest BCUT2D eigenvalue weighted by molar-refractivity contribution is 0.152. The molecule has 1 atom stereocenters. The van der Waals surface area contributed by atoms with Crippen molar-refractivity contribution in [2.45, 2.75) is 134 Å². The predicted octanol–water partition coefficient (Wildman–Crippen LogP) is 5.39. The van der Waals surface area contributed by atoms with E-state index in [2.05, 4.69) is 11.8 Å². The van der Waals surface area contributed by atoms with Crippen molar-refractivity contribution in [3.05, 3.63) is 0 Å². The van der Waals surface area contributed by atoms with Gasteiger partial charge in [0.05, 0.1) is 13.2 Å². The summed E-state index contributed by atoms with van der Waals surface area (Å²) in [7, 11) is 0. The van der Waals surface area contributed by atoms with Crippen molar-refractivity contribution in [2.75, 3.05) is 39.5 Å². The molecule has 5 heteroatoms. The number of aliphatic hydroxyl groups excluding tert-OH is 3. The summed E-state index contributed by atoms with van der Waals surface area (Å²) >= 11 is 0. The zero-order valence-corrected chi connectivity index (χ0v) is 21.5. The van der Waals surface area contributed by atoms with Crippen LogP contribution in [0.2, 0.25) is 0 Å². The average molecular weight is 459 g/mol. The van der Waals surface area contributed by atoms with Crippen LogP contribution >= 0.6 is 0 Å². The number of hydrogen-bond acceptors (Lipinski definition) is 5. The van der Waals surface area contributed by atoms with E-state index in [1.807, 2.05) is 0 Å².